The smallest absolute Gasteiger partial charge is 0.213 e. The first-order valence-electron chi connectivity index (χ1n) is 5.40. The zero-order chi connectivity index (χ0) is 13.0. The zero-order valence-corrected chi connectivity index (χ0v) is 10.3. The molecule has 0 fully saturated rings. The second-order valence-corrected chi connectivity index (χ2v) is 3.68. The van der Waals surface area contributed by atoms with Gasteiger partial charge in [0.1, 0.15) is 6.07 Å². The minimum Gasteiger partial charge on any atom is -0.493 e. The molecule has 0 N–H and O–H groups in total. The summed E-state index contributed by atoms with van der Waals surface area (Å²) in [6.45, 7) is 0.573. The molecule has 1 aromatic heterocycles. The van der Waals surface area contributed by atoms with Crippen molar-refractivity contribution in [1.29, 1.82) is 5.26 Å². The van der Waals surface area contributed by atoms with Crippen molar-refractivity contribution in [2.75, 3.05) is 14.2 Å². The molecule has 0 amide bonds. The van der Waals surface area contributed by atoms with Crippen LogP contribution in [0, 0.1) is 11.3 Å². The van der Waals surface area contributed by atoms with Crippen LogP contribution >= 0.6 is 0 Å². The van der Waals surface area contributed by atoms with Crippen molar-refractivity contribution in [3.63, 3.8) is 0 Å². The molecule has 0 aliphatic carbocycles. The second-order valence-electron chi connectivity index (χ2n) is 3.68. The van der Waals surface area contributed by atoms with Crippen LogP contribution < -0.4 is 9.47 Å². The van der Waals surface area contributed by atoms with Crippen molar-refractivity contribution in [2.45, 2.75) is 6.54 Å². The van der Waals surface area contributed by atoms with E-state index in [0.717, 1.165) is 5.56 Å². The standard InChI is InChI=1S/C13H13N3O2/c1-17-11-4-3-10(7-12(11)18-2)9-16-6-5-15-13(16)8-14/h3-7H,9H2,1-2H3. The molecule has 2 aromatic rings. The van der Waals surface area contributed by atoms with E-state index in [1.807, 2.05) is 24.3 Å². The average Bonchev–Trinajstić information content (AvgIpc) is 2.85. The third-order valence-electron chi connectivity index (χ3n) is 2.62. The van der Waals surface area contributed by atoms with Crippen molar-refractivity contribution < 1.29 is 9.47 Å². The van der Waals surface area contributed by atoms with Gasteiger partial charge in [-0.3, -0.25) is 0 Å². The lowest BCUT2D eigenvalue weighted by Crippen LogP contribution is -2.02. The molecule has 0 unspecified atom stereocenters. The number of hydrogen-bond acceptors (Lipinski definition) is 4. The lowest BCUT2D eigenvalue weighted by molar-refractivity contribution is 0.354. The van der Waals surface area contributed by atoms with Gasteiger partial charge >= 0.3 is 0 Å². The normalized spacial score (nSPS) is 9.83. The predicted octanol–water partition coefficient (Wildman–Crippen LogP) is 1.82. The largest absolute Gasteiger partial charge is 0.493 e. The molecule has 0 radical (unpaired) electrons. The Morgan fingerprint density at radius 3 is 2.72 bits per heavy atom. The summed E-state index contributed by atoms with van der Waals surface area (Å²) in [4.78, 5) is 3.95. The predicted molar refractivity (Wildman–Crippen MR) is 65.6 cm³/mol. The molecule has 1 aromatic carbocycles. The number of rotatable bonds is 4. The van der Waals surface area contributed by atoms with E-state index in [1.165, 1.54) is 0 Å². The summed E-state index contributed by atoms with van der Waals surface area (Å²) in [7, 11) is 3.20. The highest BCUT2D eigenvalue weighted by molar-refractivity contribution is 5.43. The molecule has 0 bridgehead atoms. The van der Waals surface area contributed by atoms with E-state index in [1.54, 1.807) is 31.2 Å². The minimum absolute atomic E-state index is 0.393. The van der Waals surface area contributed by atoms with E-state index < -0.39 is 0 Å². The Morgan fingerprint density at radius 2 is 2.06 bits per heavy atom. The maximum absolute atomic E-state index is 8.89. The average molecular weight is 243 g/mol. The first-order chi connectivity index (χ1) is 8.78. The number of methoxy groups -OCH3 is 2. The summed E-state index contributed by atoms with van der Waals surface area (Å²) in [6, 6.07) is 7.71. The first kappa shape index (κ1) is 12.0. The molecule has 5 heteroatoms. The Kier molecular flexibility index (Phi) is 3.49. The fourth-order valence-electron chi connectivity index (χ4n) is 1.73. The van der Waals surface area contributed by atoms with Crippen LogP contribution in [0.5, 0.6) is 11.5 Å². The van der Waals surface area contributed by atoms with E-state index in [-0.39, 0.29) is 0 Å². The Bertz CT molecular complexity index is 584. The van der Waals surface area contributed by atoms with Crippen LogP contribution in [-0.2, 0) is 6.54 Å². The van der Waals surface area contributed by atoms with Gasteiger partial charge < -0.3 is 14.0 Å². The van der Waals surface area contributed by atoms with E-state index >= 15 is 0 Å². The first-order valence-corrected chi connectivity index (χ1v) is 5.40. The van der Waals surface area contributed by atoms with Gasteiger partial charge in [0.15, 0.2) is 11.5 Å². The van der Waals surface area contributed by atoms with Crippen molar-refractivity contribution in [2.24, 2.45) is 0 Å². The third kappa shape index (κ3) is 2.28. The van der Waals surface area contributed by atoms with Crippen molar-refractivity contribution in [1.82, 2.24) is 9.55 Å². The third-order valence-corrected chi connectivity index (χ3v) is 2.62. The fraction of sp³-hybridized carbons (Fsp3) is 0.231. The molecular weight excluding hydrogens is 230 g/mol. The van der Waals surface area contributed by atoms with Crippen molar-refractivity contribution in [3.8, 4) is 17.6 Å². The number of aromatic nitrogens is 2. The Hall–Kier alpha value is -2.48. The summed E-state index contributed by atoms with van der Waals surface area (Å²) in [5.41, 5.74) is 1.02. The molecule has 0 aliphatic rings. The van der Waals surface area contributed by atoms with Gasteiger partial charge in [-0.15, -0.1) is 0 Å². The fourth-order valence-corrected chi connectivity index (χ4v) is 1.73. The van der Waals surface area contributed by atoms with Crippen LogP contribution in [0.25, 0.3) is 0 Å². The van der Waals surface area contributed by atoms with Crippen LogP contribution in [0.3, 0.4) is 0 Å². The van der Waals surface area contributed by atoms with Crippen molar-refractivity contribution in [3.05, 3.63) is 42.0 Å². The Labute approximate surface area is 105 Å². The molecule has 0 saturated carbocycles. The van der Waals surface area contributed by atoms with Crippen LogP contribution in [0.15, 0.2) is 30.6 Å². The summed E-state index contributed by atoms with van der Waals surface area (Å²) >= 11 is 0. The van der Waals surface area contributed by atoms with Gasteiger partial charge in [-0.05, 0) is 17.7 Å². The van der Waals surface area contributed by atoms with Crippen LogP contribution in [-0.4, -0.2) is 23.8 Å². The minimum atomic E-state index is 0.393. The summed E-state index contributed by atoms with van der Waals surface area (Å²) in [5.74, 6) is 1.76. The molecule has 2 rings (SSSR count). The van der Waals surface area contributed by atoms with Gasteiger partial charge in [-0.2, -0.15) is 5.26 Å². The molecule has 1 heterocycles. The molecule has 0 aliphatic heterocycles. The summed E-state index contributed by atoms with van der Waals surface area (Å²) < 4.78 is 12.2. The highest BCUT2D eigenvalue weighted by Crippen LogP contribution is 2.27. The van der Waals surface area contributed by atoms with E-state index in [2.05, 4.69) is 4.98 Å². The number of imidazole rings is 1. The van der Waals surface area contributed by atoms with E-state index in [0.29, 0.717) is 23.9 Å². The van der Waals surface area contributed by atoms with Crippen molar-refractivity contribution >= 4 is 0 Å². The Morgan fingerprint density at radius 1 is 1.28 bits per heavy atom. The van der Waals surface area contributed by atoms with Gasteiger partial charge in [-0.1, -0.05) is 6.07 Å². The Balaban J connectivity index is 2.28. The summed E-state index contributed by atoms with van der Waals surface area (Å²) in [5, 5.41) is 8.89. The molecule has 5 nitrogen and oxygen atoms in total. The van der Waals surface area contributed by atoms with Gasteiger partial charge in [0.25, 0.3) is 0 Å². The quantitative estimate of drug-likeness (QED) is 0.821. The number of hydrogen-bond donors (Lipinski definition) is 0. The van der Waals surface area contributed by atoms with Crippen LogP contribution in [0.1, 0.15) is 11.4 Å². The lowest BCUT2D eigenvalue weighted by Gasteiger charge is -2.10. The highest BCUT2D eigenvalue weighted by atomic mass is 16.5. The van der Waals surface area contributed by atoms with Gasteiger partial charge in [0.05, 0.1) is 14.2 Å². The van der Waals surface area contributed by atoms with Gasteiger partial charge in [-0.25, -0.2) is 4.98 Å². The molecule has 18 heavy (non-hydrogen) atoms. The number of ether oxygens (including phenoxy) is 2. The van der Waals surface area contributed by atoms with Gasteiger partial charge in [0.2, 0.25) is 5.82 Å². The second kappa shape index (κ2) is 5.23. The molecular formula is C13H13N3O2. The monoisotopic (exact) mass is 243 g/mol. The van der Waals surface area contributed by atoms with E-state index in [4.69, 9.17) is 14.7 Å². The maximum Gasteiger partial charge on any atom is 0.213 e. The molecule has 92 valence electrons. The highest BCUT2D eigenvalue weighted by Gasteiger charge is 2.06. The SMILES string of the molecule is COc1ccc(Cn2ccnc2C#N)cc1OC. The lowest BCUT2D eigenvalue weighted by atomic mass is 10.2. The van der Waals surface area contributed by atoms with E-state index in [9.17, 15) is 0 Å². The molecule has 0 saturated heterocycles. The number of nitrogens with zero attached hydrogens (tertiary/aromatic N) is 3. The van der Waals surface area contributed by atoms with Crippen LogP contribution in [0.2, 0.25) is 0 Å². The van der Waals surface area contributed by atoms with Crippen LogP contribution in [0.4, 0.5) is 0 Å². The zero-order valence-electron chi connectivity index (χ0n) is 10.3. The maximum atomic E-state index is 8.89. The molecule has 0 spiro atoms. The van der Waals surface area contributed by atoms with Gasteiger partial charge in [0, 0.05) is 18.9 Å². The summed E-state index contributed by atoms with van der Waals surface area (Å²) in [6.07, 6.45) is 3.38. The number of benzene rings is 1. The molecule has 0 atom stereocenters. The number of nitriles is 1. The topological polar surface area (TPSA) is 60.1 Å².